The van der Waals surface area contributed by atoms with Gasteiger partial charge in [-0.1, -0.05) is 17.7 Å². The van der Waals surface area contributed by atoms with Crippen molar-refractivity contribution < 1.29 is 9.53 Å². The van der Waals surface area contributed by atoms with Crippen LogP contribution in [0.4, 0.5) is 0 Å². The Hall–Kier alpha value is -2.27. The molecule has 0 spiro atoms. The molecule has 2 aromatic rings. The van der Waals surface area contributed by atoms with E-state index in [0.29, 0.717) is 10.8 Å². The quantitative estimate of drug-likeness (QED) is 0.650. The number of carbonyl (C=O) groups excluding carboxylic acids is 1. The Kier molecular flexibility index (Phi) is 4.58. The summed E-state index contributed by atoms with van der Waals surface area (Å²) in [6.07, 6.45) is 3.28. The minimum absolute atomic E-state index is 0.123. The van der Waals surface area contributed by atoms with Crippen molar-refractivity contribution in [1.82, 2.24) is 10.4 Å². The summed E-state index contributed by atoms with van der Waals surface area (Å²) in [5.41, 5.74) is 3.16. The van der Waals surface area contributed by atoms with Gasteiger partial charge in [-0.15, -0.1) is 0 Å². The van der Waals surface area contributed by atoms with Gasteiger partial charge in [-0.3, -0.25) is 4.79 Å². The van der Waals surface area contributed by atoms with E-state index in [2.05, 4.69) is 15.5 Å². The van der Waals surface area contributed by atoms with Gasteiger partial charge in [-0.05, 0) is 30.3 Å². The number of H-pyrrole nitrogens is 1. The number of nitrogens with zero attached hydrogens (tertiary/aromatic N) is 1. The number of benzene rings is 1. The fraction of sp³-hybridized carbons (Fsp3) is 0.0769. The van der Waals surface area contributed by atoms with Crippen LogP contribution in [0, 0.1) is 0 Å². The van der Waals surface area contributed by atoms with Crippen molar-refractivity contribution in [3.8, 4) is 5.75 Å². The maximum atomic E-state index is 11.4. The molecule has 0 aliphatic heterocycles. The molecule has 98 valence electrons. The lowest BCUT2D eigenvalue weighted by Gasteiger charge is -2.04. The number of carbonyl (C=O) groups is 1. The van der Waals surface area contributed by atoms with Gasteiger partial charge in [0.2, 0.25) is 0 Å². The number of hydrogen-bond donors (Lipinski definition) is 2. The lowest BCUT2D eigenvalue weighted by molar-refractivity contribution is -0.123. The third-order valence-electron chi connectivity index (χ3n) is 2.18. The first-order valence-electron chi connectivity index (χ1n) is 5.58. The molecule has 1 aromatic carbocycles. The van der Waals surface area contributed by atoms with Crippen LogP contribution in [0.25, 0.3) is 0 Å². The minimum atomic E-state index is -0.345. The molecule has 19 heavy (non-hydrogen) atoms. The number of nitrogens with one attached hydrogen (secondary N) is 2. The molecule has 5 nitrogen and oxygen atoms in total. The average molecular weight is 278 g/mol. The van der Waals surface area contributed by atoms with Crippen LogP contribution in [0.2, 0.25) is 5.02 Å². The molecule has 0 atom stereocenters. The Labute approximate surface area is 115 Å². The second-order valence-corrected chi connectivity index (χ2v) is 4.10. The van der Waals surface area contributed by atoms with Crippen LogP contribution in [0.3, 0.4) is 0 Å². The van der Waals surface area contributed by atoms with Gasteiger partial charge in [-0.2, -0.15) is 5.10 Å². The lowest BCUT2D eigenvalue weighted by Crippen LogP contribution is -2.24. The normalized spacial score (nSPS) is 10.6. The van der Waals surface area contributed by atoms with Gasteiger partial charge in [0.25, 0.3) is 5.91 Å². The predicted molar refractivity (Wildman–Crippen MR) is 73.5 cm³/mol. The van der Waals surface area contributed by atoms with Gasteiger partial charge in [0.15, 0.2) is 6.61 Å². The van der Waals surface area contributed by atoms with E-state index < -0.39 is 0 Å². The van der Waals surface area contributed by atoms with Gasteiger partial charge >= 0.3 is 0 Å². The third kappa shape index (κ3) is 4.48. The van der Waals surface area contributed by atoms with Crippen molar-refractivity contribution in [2.75, 3.05) is 6.61 Å². The van der Waals surface area contributed by atoms with Crippen molar-refractivity contribution in [3.05, 3.63) is 53.3 Å². The van der Waals surface area contributed by atoms with E-state index in [0.717, 1.165) is 5.69 Å². The molecule has 2 rings (SSSR count). The molecule has 0 unspecified atom stereocenters. The summed E-state index contributed by atoms with van der Waals surface area (Å²) < 4.78 is 5.26. The number of halogens is 1. The SMILES string of the molecule is O=C(COc1cccc(Cl)c1)N/N=C\c1ccc[nH]1. The molecule has 0 aliphatic carbocycles. The summed E-state index contributed by atoms with van der Waals surface area (Å²) in [6, 6.07) is 10.5. The van der Waals surface area contributed by atoms with Crippen molar-refractivity contribution in [2.24, 2.45) is 5.10 Å². The van der Waals surface area contributed by atoms with Gasteiger partial charge in [0.1, 0.15) is 5.75 Å². The second kappa shape index (κ2) is 6.61. The number of rotatable bonds is 5. The monoisotopic (exact) mass is 277 g/mol. The molecule has 0 aliphatic rings. The highest BCUT2D eigenvalue weighted by molar-refractivity contribution is 6.30. The van der Waals surface area contributed by atoms with Crippen LogP contribution < -0.4 is 10.2 Å². The molecule has 0 radical (unpaired) electrons. The number of amides is 1. The first-order chi connectivity index (χ1) is 9.24. The Morgan fingerprint density at radius 1 is 1.42 bits per heavy atom. The number of aromatic amines is 1. The molecule has 0 saturated carbocycles. The Morgan fingerprint density at radius 2 is 2.32 bits per heavy atom. The standard InChI is InChI=1S/C13H12ClN3O2/c14-10-3-1-5-12(7-10)19-9-13(18)17-16-8-11-4-2-6-15-11/h1-8,15H,9H2,(H,17,18)/b16-8-. The van der Waals surface area contributed by atoms with Crippen LogP contribution in [0.5, 0.6) is 5.75 Å². The fourth-order valence-electron chi connectivity index (χ4n) is 1.34. The van der Waals surface area contributed by atoms with Gasteiger partial charge in [0.05, 0.1) is 11.9 Å². The van der Waals surface area contributed by atoms with Crippen molar-refractivity contribution in [1.29, 1.82) is 0 Å². The zero-order valence-corrected chi connectivity index (χ0v) is 10.7. The van der Waals surface area contributed by atoms with Gasteiger partial charge in [-0.25, -0.2) is 5.43 Å². The topological polar surface area (TPSA) is 66.5 Å². The molecule has 2 N–H and O–H groups in total. The summed E-state index contributed by atoms with van der Waals surface area (Å²) in [4.78, 5) is 14.4. The van der Waals surface area contributed by atoms with Crippen molar-refractivity contribution in [3.63, 3.8) is 0 Å². The number of hydrogen-bond acceptors (Lipinski definition) is 3. The van der Waals surface area contributed by atoms with Crippen LogP contribution in [-0.4, -0.2) is 23.7 Å². The highest BCUT2D eigenvalue weighted by atomic mass is 35.5. The molecule has 0 saturated heterocycles. The molecule has 0 bridgehead atoms. The molecule has 1 heterocycles. The fourth-order valence-corrected chi connectivity index (χ4v) is 1.52. The number of hydrazone groups is 1. The second-order valence-electron chi connectivity index (χ2n) is 3.66. The molecule has 0 fully saturated rings. The highest BCUT2D eigenvalue weighted by Gasteiger charge is 2.01. The first-order valence-corrected chi connectivity index (χ1v) is 5.95. The van der Waals surface area contributed by atoms with E-state index in [1.165, 1.54) is 6.21 Å². The zero-order valence-electron chi connectivity index (χ0n) is 9.97. The Balaban J connectivity index is 1.76. The zero-order chi connectivity index (χ0) is 13.5. The van der Waals surface area contributed by atoms with Crippen LogP contribution in [-0.2, 0) is 4.79 Å². The molecular weight excluding hydrogens is 266 g/mol. The Bertz CT molecular complexity index is 567. The first kappa shape index (κ1) is 13.2. The summed E-state index contributed by atoms with van der Waals surface area (Å²) in [5, 5.41) is 4.34. The van der Waals surface area contributed by atoms with E-state index in [4.69, 9.17) is 16.3 Å². The molecular formula is C13H12ClN3O2. The molecule has 1 amide bonds. The number of ether oxygens (including phenoxy) is 1. The van der Waals surface area contributed by atoms with E-state index in [1.54, 1.807) is 30.5 Å². The third-order valence-corrected chi connectivity index (χ3v) is 2.42. The van der Waals surface area contributed by atoms with E-state index in [-0.39, 0.29) is 12.5 Å². The predicted octanol–water partition coefficient (Wildman–Crippen LogP) is 2.20. The lowest BCUT2D eigenvalue weighted by atomic mass is 10.3. The summed E-state index contributed by atoms with van der Waals surface area (Å²) >= 11 is 5.79. The highest BCUT2D eigenvalue weighted by Crippen LogP contribution is 2.16. The van der Waals surface area contributed by atoms with Gasteiger partial charge in [0, 0.05) is 11.2 Å². The smallest absolute Gasteiger partial charge is 0.277 e. The van der Waals surface area contributed by atoms with E-state index >= 15 is 0 Å². The van der Waals surface area contributed by atoms with Crippen molar-refractivity contribution >= 4 is 23.7 Å². The molecule has 1 aromatic heterocycles. The molecule has 6 heteroatoms. The van der Waals surface area contributed by atoms with Crippen LogP contribution in [0.1, 0.15) is 5.69 Å². The summed E-state index contributed by atoms with van der Waals surface area (Å²) in [5.74, 6) is 0.193. The average Bonchev–Trinajstić information content (AvgIpc) is 2.90. The Morgan fingerprint density at radius 3 is 3.05 bits per heavy atom. The number of aromatic nitrogens is 1. The summed E-state index contributed by atoms with van der Waals surface area (Å²) in [6.45, 7) is -0.123. The maximum absolute atomic E-state index is 11.4. The minimum Gasteiger partial charge on any atom is -0.484 e. The van der Waals surface area contributed by atoms with Crippen molar-refractivity contribution in [2.45, 2.75) is 0 Å². The van der Waals surface area contributed by atoms with Crippen LogP contribution in [0.15, 0.2) is 47.7 Å². The maximum Gasteiger partial charge on any atom is 0.277 e. The van der Waals surface area contributed by atoms with Gasteiger partial charge < -0.3 is 9.72 Å². The summed E-state index contributed by atoms with van der Waals surface area (Å²) in [7, 11) is 0. The van der Waals surface area contributed by atoms with E-state index in [9.17, 15) is 4.79 Å². The largest absolute Gasteiger partial charge is 0.484 e. The van der Waals surface area contributed by atoms with Crippen LogP contribution >= 0.6 is 11.6 Å². The van der Waals surface area contributed by atoms with E-state index in [1.807, 2.05) is 12.1 Å².